The molecule has 1 heterocycles. The van der Waals surface area contributed by atoms with E-state index in [1.165, 1.54) is 16.9 Å². The Morgan fingerprint density at radius 3 is 2.78 bits per heavy atom. The molecule has 0 radical (unpaired) electrons. The van der Waals surface area contributed by atoms with Gasteiger partial charge in [-0.2, -0.15) is 5.26 Å². The molecule has 1 aromatic heterocycles. The number of phenolic OH excluding ortho intramolecular Hbond substituents is 1. The van der Waals surface area contributed by atoms with E-state index in [2.05, 4.69) is 43.1 Å². The van der Waals surface area contributed by atoms with Crippen molar-refractivity contribution in [3.8, 4) is 28.8 Å². The van der Waals surface area contributed by atoms with Gasteiger partial charge >= 0.3 is 0 Å². The third kappa shape index (κ3) is 4.18. The van der Waals surface area contributed by atoms with Crippen LogP contribution in [0.3, 0.4) is 0 Å². The summed E-state index contributed by atoms with van der Waals surface area (Å²) in [6, 6.07) is 13.5. The fourth-order valence-electron chi connectivity index (χ4n) is 2.82. The molecule has 1 N–H and O–H groups in total. The first-order valence-corrected chi connectivity index (χ1v) is 9.51. The molecule has 0 spiro atoms. The fraction of sp³-hybridized carbons (Fsp3) is 0.182. The maximum atomic E-state index is 9.83. The van der Waals surface area contributed by atoms with Gasteiger partial charge in [0.15, 0.2) is 11.5 Å². The quantitative estimate of drug-likeness (QED) is 0.589. The molecule has 0 bridgehead atoms. The van der Waals surface area contributed by atoms with E-state index in [1.807, 2.05) is 12.3 Å². The second kappa shape index (κ2) is 8.07. The van der Waals surface area contributed by atoms with Crippen molar-refractivity contribution >= 4 is 23.0 Å². The van der Waals surface area contributed by atoms with Crippen LogP contribution in [0.4, 0.5) is 0 Å². The molecular weight excluding hydrogens is 356 g/mol. The zero-order chi connectivity index (χ0) is 19.4. The van der Waals surface area contributed by atoms with Crippen LogP contribution in [0.2, 0.25) is 0 Å². The van der Waals surface area contributed by atoms with Crippen molar-refractivity contribution in [2.24, 2.45) is 0 Å². The fourth-order valence-corrected chi connectivity index (χ4v) is 3.61. The van der Waals surface area contributed by atoms with Crippen LogP contribution >= 0.6 is 11.3 Å². The minimum atomic E-state index is 0.0823. The van der Waals surface area contributed by atoms with Gasteiger partial charge in [0.05, 0.1) is 17.9 Å². The van der Waals surface area contributed by atoms with Crippen molar-refractivity contribution in [1.29, 1.82) is 5.26 Å². The summed E-state index contributed by atoms with van der Waals surface area (Å²) in [5.41, 5.74) is 5.56. The van der Waals surface area contributed by atoms with Gasteiger partial charge < -0.3 is 9.84 Å². The molecule has 0 aliphatic rings. The topological polar surface area (TPSA) is 66.1 Å². The van der Waals surface area contributed by atoms with E-state index in [4.69, 9.17) is 4.74 Å². The number of hydrogen-bond acceptors (Lipinski definition) is 5. The number of benzene rings is 2. The molecule has 0 fully saturated rings. The van der Waals surface area contributed by atoms with Gasteiger partial charge in [-0.05, 0) is 50.1 Å². The second-order valence-corrected chi connectivity index (χ2v) is 7.04. The molecule has 3 aromatic rings. The van der Waals surface area contributed by atoms with Crippen LogP contribution in [0.1, 0.15) is 28.6 Å². The molecule has 2 aromatic carbocycles. The number of aromatic hydroxyl groups is 1. The maximum absolute atomic E-state index is 9.83. The Hall–Kier alpha value is -3.10. The van der Waals surface area contributed by atoms with Crippen molar-refractivity contribution in [2.45, 2.75) is 20.8 Å². The third-order valence-electron chi connectivity index (χ3n) is 4.11. The first-order valence-electron chi connectivity index (χ1n) is 8.63. The Morgan fingerprint density at radius 1 is 1.26 bits per heavy atom. The Labute approximate surface area is 163 Å². The second-order valence-electron chi connectivity index (χ2n) is 6.19. The number of phenols is 1. The molecule has 4 nitrogen and oxygen atoms in total. The van der Waals surface area contributed by atoms with Crippen LogP contribution in [0.25, 0.3) is 22.9 Å². The zero-order valence-electron chi connectivity index (χ0n) is 15.5. The van der Waals surface area contributed by atoms with E-state index < -0.39 is 0 Å². The standard InChI is InChI=1S/C22H20N2O2S/c1-4-26-21-11-16(6-8-20(21)25)10-17(12-23)22-24-19(13-27-22)18-7-5-14(2)9-15(18)3/h5-11,13,25H,4H2,1-3H3. The van der Waals surface area contributed by atoms with E-state index in [9.17, 15) is 10.4 Å². The van der Waals surface area contributed by atoms with Crippen molar-refractivity contribution in [3.05, 3.63) is 63.5 Å². The van der Waals surface area contributed by atoms with Crippen LogP contribution in [-0.2, 0) is 0 Å². The first-order chi connectivity index (χ1) is 13.0. The summed E-state index contributed by atoms with van der Waals surface area (Å²) in [7, 11) is 0. The van der Waals surface area contributed by atoms with Gasteiger partial charge in [0.25, 0.3) is 0 Å². The summed E-state index contributed by atoms with van der Waals surface area (Å²) < 4.78 is 5.41. The number of rotatable bonds is 5. The zero-order valence-corrected chi connectivity index (χ0v) is 16.3. The van der Waals surface area contributed by atoms with E-state index in [0.717, 1.165) is 22.4 Å². The van der Waals surface area contributed by atoms with Crippen LogP contribution in [0.15, 0.2) is 41.8 Å². The number of allylic oxidation sites excluding steroid dienone is 1. The Morgan fingerprint density at radius 2 is 2.07 bits per heavy atom. The maximum Gasteiger partial charge on any atom is 0.161 e. The number of aryl methyl sites for hydroxylation is 2. The summed E-state index contributed by atoms with van der Waals surface area (Å²) in [5, 5.41) is 22.1. The number of aromatic nitrogens is 1. The normalized spacial score (nSPS) is 11.3. The van der Waals surface area contributed by atoms with Gasteiger partial charge in [-0.1, -0.05) is 29.8 Å². The predicted octanol–water partition coefficient (Wildman–Crippen LogP) is 5.60. The Balaban J connectivity index is 1.95. The summed E-state index contributed by atoms with van der Waals surface area (Å²) in [5.74, 6) is 0.484. The highest BCUT2D eigenvalue weighted by Crippen LogP contribution is 2.31. The molecule has 3 rings (SSSR count). The smallest absolute Gasteiger partial charge is 0.161 e. The highest BCUT2D eigenvalue weighted by Gasteiger charge is 2.11. The molecule has 0 atom stereocenters. The van der Waals surface area contributed by atoms with Crippen molar-refractivity contribution in [3.63, 3.8) is 0 Å². The molecule has 0 amide bonds. The summed E-state index contributed by atoms with van der Waals surface area (Å²) in [6.45, 7) is 6.44. The van der Waals surface area contributed by atoms with Gasteiger partial charge in [-0.15, -0.1) is 11.3 Å². The minimum Gasteiger partial charge on any atom is -0.504 e. The highest BCUT2D eigenvalue weighted by molar-refractivity contribution is 7.11. The lowest BCUT2D eigenvalue weighted by molar-refractivity contribution is 0.318. The van der Waals surface area contributed by atoms with Gasteiger partial charge in [-0.25, -0.2) is 4.98 Å². The molecule has 0 saturated carbocycles. The average molecular weight is 376 g/mol. The van der Waals surface area contributed by atoms with Crippen molar-refractivity contribution in [2.75, 3.05) is 6.61 Å². The number of thiazole rings is 1. The number of nitriles is 1. The van der Waals surface area contributed by atoms with Crippen LogP contribution < -0.4 is 4.74 Å². The van der Waals surface area contributed by atoms with Gasteiger partial charge in [-0.3, -0.25) is 0 Å². The first kappa shape index (κ1) is 18.7. The average Bonchev–Trinajstić information content (AvgIpc) is 3.12. The van der Waals surface area contributed by atoms with Gasteiger partial charge in [0.1, 0.15) is 11.1 Å². The molecule has 0 saturated heterocycles. The monoisotopic (exact) mass is 376 g/mol. The largest absolute Gasteiger partial charge is 0.504 e. The molecule has 0 aliphatic carbocycles. The van der Waals surface area contributed by atoms with E-state index in [0.29, 0.717) is 22.9 Å². The Kier molecular flexibility index (Phi) is 5.58. The molecular formula is C22H20N2O2S. The van der Waals surface area contributed by atoms with Gasteiger partial charge in [0.2, 0.25) is 0 Å². The summed E-state index contributed by atoms with van der Waals surface area (Å²) in [6.07, 6.45) is 1.76. The highest BCUT2D eigenvalue weighted by atomic mass is 32.1. The van der Waals surface area contributed by atoms with Crippen LogP contribution in [0.5, 0.6) is 11.5 Å². The van der Waals surface area contributed by atoms with E-state index in [1.54, 1.807) is 24.3 Å². The van der Waals surface area contributed by atoms with Crippen LogP contribution in [0, 0.1) is 25.2 Å². The number of ether oxygens (including phenoxy) is 1. The van der Waals surface area contributed by atoms with Crippen molar-refractivity contribution in [1.82, 2.24) is 4.98 Å². The summed E-state index contributed by atoms with van der Waals surface area (Å²) in [4.78, 5) is 4.66. The molecule has 0 unspecified atom stereocenters. The van der Waals surface area contributed by atoms with Crippen molar-refractivity contribution < 1.29 is 9.84 Å². The number of hydrogen-bond donors (Lipinski definition) is 1. The molecule has 136 valence electrons. The third-order valence-corrected chi connectivity index (χ3v) is 4.98. The lowest BCUT2D eigenvalue weighted by Crippen LogP contribution is -1.92. The summed E-state index contributed by atoms with van der Waals surface area (Å²) >= 11 is 1.44. The number of nitrogens with zero attached hydrogens (tertiary/aromatic N) is 2. The predicted molar refractivity (Wildman–Crippen MR) is 110 cm³/mol. The lowest BCUT2D eigenvalue weighted by atomic mass is 10.0. The van der Waals surface area contributed by atoms with E-state index >= 15 is 0 Å². The minimum absolute atomic E-state index is 0.0823. The van der Waals surface area contributed by atoms with Crippen LogP contribution in [-0.4, -0.2) is 16.7 Å². The molecule has 5 heteroatoms. The lowest BCUT2D eigenvalue weighted by Gasteiger charge is -2.06. The Bertz CT molecular complexity index is 1040. The van der Waals surface area contributed by atoms with Gasteiger partial charge in [0, 0.05) is 10.9 Å². The molecule has 0 aliphatic heterocycles. The molecule has 27 heavy (non-hydrogen) atoms. The van der Waals surface area contributed by atoms with E-state index in [-0.39, 0.29) is 5.75 Å². The SMILES string of the molecule is CCOc1cc(C=C(C#N)c2nc(-c3ccc(C)cc3C)cs2)ccc1O.